The van der Waals surface area contributed by atoms with Gasteiger partial charge in [-0.25, -0.2) is 9.97 Å². The van der Waals surface area contributed by atoms with Crippen molar-refractivity contribution >= 4 is 23.2 Å². The van der Waals surface area contributed by atoms with Gasteiger partial charge in [0.25, 0.3) is 5.91 Å². The number of aryl methyl sites for hydroxylation is 2. The van der Waals surface area contributed by atoms with Crippen LogP contribution in [0.2, 0.25) is 0 Å². The Bertz CT molecular complexity index is 771. The molecule has 2 aromatic heterocycles. The molecule has 25 heavy (non-hydrogen) atoms. The van der Waals surface area contributed by atoms with E-state index < -0.39 is 0 Å². The van der Waals surface area contributed by atoms with Crippen LogP contribution in [0.15, 0.2) is 11.4 Å². The number of nitrogen functional groups attached to an aromatic ring is 1. The van der Waals surface area contributed by atoms with Crippen LogP contribution in [0, 0.1) is 6.92 Å². The van der Waals surface area contributed by atoms with Gasteiger partial charge >= 0.3 is 0 Å². The minimum atomic E-state index is -0.159. The van der Waals surface area contributed by atoms with Crippen molar-refractivity contribution in [2.24, 2.45) is 0 Å². The SMILES string of the molecule is Cc1ccsc1C(CNC(=O)c1nc(N)nc2c1CCCC2)N(C)C. The lowest BCUT2D eigenvalue weighted by atomic mass is 9.94. The molecule has 1 aliphatic carbocycles. The van der Waals surface area contributed by atoms with Crippen LogP contribution >= 0.6 is 11.3 Å². The topological polar surface area (TPSA) is 84.1 Å². The van der Waals surface area contributed by atoms with E-state index in [1.807, 2.05) is 14.1 Å². The van der Waals surface area contributed by atoms with Crippen molar-refractivity contribution in [1.29, 1.82) is 0 Å². The molecule has 1 aliphatic rings. The number of nitrogens with two attached hydrogens (primary N) is 1. The van der Waals surface area contributed by atoms with E-state index >= 15 is 0 Å². The molecule has 0 aromatic carbocycles. The molecule has 7 heteroatoms. The fourth-order valence-electron chi connectivity index (χ4n) is 3.31. The highest BCUT2D eigenvalue weighted by atomic mass is 32.1. The van der Waals surface area contributed by atoms with Gasteiger partial charge in [-0.05, 0) is 63.7 Å². The first-order chi connectivity index (χ1) is 12.0. The Morgan fingerprint density at radius 2 is 2.12 bits per heavy atom. The molecule has 134 valence electrons. The molecule has 0 saturated carbocycles. The number of hydrogen-bond acceptors (Lipinski definition) is 6. The Balaban J connectivity index is 1.78. The zero-order chi connectivity index (χ0) is 18.0. The Labute approximate surface area is 152 Å². The van der Waals surface area contributed by atoms with E-state index in [9.17, 15) is 4.79 Å². The molecule has 1 atom stereocenters. The van der Waals surface area contributed by atoms with Gasteiger partial charge in [0, 0.05) is 22.7 Å². The van der Waals surface area contributed by atoms with Crippen LogP contribution < -0.4 is 11.1 Å². The number of hydrogen-bond donors (Lipinski definition) is 2. The zero-order valence-corrected chi connectivity index (χ0v) is 15.8. The molecule has 0 aliphatic heterocycles. The van der Waals surface area contributed by atoms with Crippen LogP contribution in [0.3, 0.4) is 0 Å². The lowest BCUT2D eigenvalue weighted by Crippen LogP contribution is -2.35. The highest BCUT2D eigenvalue weighted by Gasteiger charge is 2.24. The van der Waals surface area contributed by atoms with Crippen molar-refractivity contribution in [3.63, 3.8) is 0 Å². The van der Waals surface area contributed by atoms with E-state index in [2.05, 4.69) is 38.6 Å². The van der Waals surface area contributed by atoms with Crippen LogP contribution in [-0.2, 0) is 12.8 Å². The van der Waals surface area contributed by atoms with E-state index in [0.717, 1.165) is 36.9 Å². The van der Waals surface area contributed by atoms with Crippen LogP contribution in [0.5, 0.6) is 0 Å². The fourth-order valence-corrected chi connectivity index (χ4v) is 4.43. The number of thiophene rings is 1. The molecule has 2 heterocycles. The number of nitrogens with zero attached hydrogens (tertiary/aromatic N) is 3. The smallest absolute Gasteiger partial charge is 0.270 e. The Hall–Kier alpha value is -1.99. The summed E-state index contributed by atoms with van der Waals surface area (Å²) in [6.45, 7) is 2.64. The van der Waals surface area contributed by atoms with E-state index in [0.29, 0.717) is 12.2 Å². The summed E-state index contributed by atoms with van der Waals surface area (Å²) in [5.74, 6) is 0.0253. The van der Waals surface area contributed by atoms with E-state index in [4.69, 9.17) is 5.73 Å². The zero-order valence-electron chi connectivity index (χ0n) is 15.0. The molecule has 0 bridgehead atoms. The molecule has 0 fully saturated rings. The number of carbonyl (C=O) groups is 1. The van der Waals surface area contributed by atoms with Crippen molar-refractivity contribution in [3.8, 4) is 0 Å². The molecule has 0 radical (unpaired) electrons. The van der Waals surface area contributed by atoms with Crippen molar-refractivity contribution in [2.75, 3.05) is 26.4 Å². The van der Waals surface area contributed by atoms with Gasteiger partial charge in [0.05, 0.1) is 6.04 Å². The lowest BCUT2D eigenvalue weighted by molar-refractivity contribution is 0.0935. The molecule has 2 aromatic rings. The molecule has 3 rings (SSSR count). The van der Waals surface area contributed by atoms with Gasteiger partial charge in [0.15, 0.2) is 0 Å². The van der Waals surface area contributed by atoms with Gasteiger partial charge in [0.1, 0.15) is 5.69 Å². The molecular weight excluding hydrogens is 334 g/mol. The first-order valence-electron chi connectivity index (χ1n) is 8.61. The Morgan fingerprint density at radius 1 is 1.36 bits per heavy atom. The highest BCUT2D eigenvalue weighted by molar-refractivity contribution is 7.10. The van der Waals surface area contributed by atoms with Crippen molar-refractivity contribution in [3.05, 3.63) is 38.8 Å². The molecule has 3 N–H and O–H groups in total. The molecular formula is C18H25N5OS. The van der Waals surface area contributed by atoms with Gasteiger partial charge in [-0.1, -0.05) is 0 Å². The summed E-state index contributed by atoms with van der Waals surface area (Å²) in [7, 11) is 4.06. The lowest BCUT2D eigenvalue weighted by Gasteiger charge is -2.25. The second-order valence-electron chi connectivity index (χ2n) is 6.72. The van der Waals surface area contributed by atoms with Gasteiger partial charge in [0.2, 0.25) is 5.95 Å². The molecule has 0 spiro atoms. The third kappa shape index (κ3) is 3.82. The third-order valence-corrected chi connectivity index (χ3v) is 5.82. The monoisotopic (exact) mass is 359 g/mol. The van der Waals surface area contributed by atoms with E-state index in [1.54, 1.807) is 11.3 Å². The molecule has 1 amide bonds. The van der Waals surface area contributed by atoms with Crippen LogP contribution in [0.1, 0.15) is 51.1 Å². The second kappa shape index (κ2) is 7.49. The van der Waals surface area contributed by atoms with E-state index in [-0.39, 0.29) is 17.9 Å². The number of anilines is 1. The summed E-state index contributed by atoms with van der Waals surface area (Å²) in [6, 6.07) is 2.25. The highest BCUT2D eigenvalue weighted by Crippen LogP contribution is 2.27. The van der Waals surface area contributed by atoms with Crippen molar-refractivity contribution in [1.82, 2.24) is 20.2 Å². The van der Waals surface area contributed by atoms with Gasteiger partial charge in [-0.2, -0.15) is 0 Å². The quantitative estimate of drug-likeness (QED) is 0.856. The number of fused-ring (bicyclic) bond motifs is 1. The summed E-state index contributed by atoms with van der Waals surface area (Å²) in [5, 5.41) is 5.14. The van der Waals surface area contributed by atoms with Gasteiger partial charge < -0.3 is 16.0 Å². The number of likely N-dealkylation sites (N-methyl/N-ethyl adjacent to an activating group) is 1. The fraction of sp³-hybridized carbons (Fsp3) is 0.500. The van der Waals surface area contributed by atoms with Crippen molar-refractivity contribution < 1.29 is 4.79 Å². The maximum Gasteiger partial charge on any atom is 0.270 e. The van der Waals surface area contributed by atoms with Crippen molar-refractivity contribution in [2.45, 2.75) is 38.6 Å². The average Bonchev–Trinajstić information content (AvgIpc) is 2.99. The standard InChI is InChI=1S/C18H25N5OS/c1-11-8-9-25-16(11)14(23(2)3)10-20-17(24)15-12-6-4-5-7-13(12)21-18(19)22-15/h8-9,14H,4-7,10H2,1-3H3,(H,20,24)(H2,19,21,22). The van der Waals surface area contributed by atoms with E-state index in [1.165, 1.54) is 10.4 Å². The number of nitrogens with one attached hydrogen (secondary N) is 1. The second-order valence-corrected chi connectivity index (χ2v) is 7.67. The first-order valence-corrected chi connectivity index (χ1v) is 9.49. The van der Waals surface area contributed by atoms with Crippen LogP contribution in [0.25, 0.3) is 0 Å². The third-order valence-electron chi connectivity index (χ3n) is 4.70. The number of rotatable bonds is 5. The maximum atomic E-state index is 12.8. The summed E-state index contributed by atoms with van der Waals surface area (Å²) in [6.07, 6.45) is 3.87. The maximum absolute atomic E-state index is 12.8. The van der Waals surface area contributed by atoms with Crippen LogP contribution in [-0.4, -0.2) is 41.4 Å². The summed E-state index contributed by atoms with van der Waals surface area (Å²) in [4.78, 5) is 24.7. The number of amides is 1. The summed E-state index contributed by atoms with van der Waals surface area (Å²) in [5.41, 5.74) is 9.41. The molecule has 1 unspecified atom stereocenters. The minimum Gasteiger partial charge on any atom is -0.368 e. The van der Waals surface area contributed by atoms with Gasteiger partial charge in [-0.3, -0.25) is 4.79 Å². The number of aromatic nitrogens is 2. The Morgan fingerprint density at radius 3 is 2.80 bits per heavy atom. The predicted octanol–water partition coefficient (Wildman–Crippen LogP) is 2.34. The first kappa shape index (κ1) is 17.8. The molecule has 6 nitrogen and oxygen atoms in total. The molecule has 0 saturated heterocycles. The summed E-state index contributed by atoms with van der Waals surface area (Å²) >= 11 is 1.72. The average molecular weight is 359 g/mol. The predicted molar refractivity (Wildman–Crippen MR) is 101 cm³/mol. The number of carbonyl (C=O) groups excluding carboxylic acids is 1. The summed E-state index contributed by atoms with van der Waals surface area (Å²) < 4.78 is 0. The largest absolute Gasteiger partial charge is 0.368 e. The minimum absolute atomic E-state index is 0.138. The normalized spacial score (nSPS) is 15.0. The Kier molecular flexibility index (Phi) is 5.34. The van der Waals surface area contributed by atoms with Crippen LogP contribution in [0.4, 0.5) is 5.95 Å². The van der Waals surface area contributed by atoms with Gasteiger partial charge in [-0.15, -0.1) is 11.3 Å².